The Morgan fingerprint density at radius 3 is 2.45 bits per heavy atom. The van der Waals surface area contributed by atoms with E-state index in [2.05, 4.69) is 54.6 Å². The van der Waals surface area contributed by atoms with Gasteiger partial charge in [0.1, 0.15) is 5.82 Å². The van der Waals surface area contributed by atoms with Crippen LogP contribution in [-0.2, 0) is 0 Å². The third-order valence-electron chi connectivity index (χ3n) is 3.51. The van der Waals surface area contributed by atoms with Gasteiger partial charge in [-0.25, -0.2) is 10.8 Å². The lowest BCUT2D eigenvalue weighted by atomic mass is 10.0. The van der Waals surface area contributed by atoms with E-state index in [1.54, 1.807) is 0 Å². The molecule has 3 rings (SSSR count). The lowest BCUT2D eigenvalue weighted by molar-refractivity contribution is 1.26. The van der Waals surface area contributed by atoms with E-state index in [1.807, 2.05) is 18.2 Å². The smallest absolute Gasteiger partial charge is 0.148 e. The number of nitrogens with two attached hydrogens (primary N) is 1. The molecule has 0 saturated carbocycles. The molecule has 20 heavy (non-hydrogen) atoms. The number of hydrazine groups is 1. The quantitative estimate of drug-likeness (QED) is 0.546. The number of pyridine rings is 1. The number of aromatic nitrogens is 1. The minimum atomic E-state index is 0.703. The molecule has 3 N–H and O–H groups in total. The first-order valence-electron chi connectivity index (χ1n) is 6.63. The van der Waals surface area contributed by atoms with E-state index in [4.69, 9.17) is 5.84 Å². The Bertz CT molecular complexity index is 764. The van der Waals surface area contributed by atoms with Crippen LogP contribution in [-0.4, -0.2) is 4.98 Å². The molecule has 0 saturated heterocycles. The van der Waals surface area contributed by atoms with E-state index in [9.17, 15) is 0 Å². The number of nitrogens with zero attached hydrogens (tertiary/aromatic N) is 1. The summed E-state index contributed by atoms with van der Waals surface area (Å²) in [7, 11) is 0. The average Bonchev–Trinajstić information content (AvgIpc) is 2.46. The van der Waals surface area contributed by atoms with Crippen molar-refractivity contribution < 1.29 is 0 Å². The van der Waals surface area contributed by atoms with Gasteiger partial charge in [0, 0.05) is 10.9 Å². The van der Waals surface area contributed by atoms with Gasteiger partial charge in [-0.3, -0.25) is 0 Å². The maximum Gasteiger partial charge on any atom is 0.148 e. The van der Waals surface area contributed by atoms with Gasteiger partial charge in [0.15, 0.2) is 0 Å². The lowest BCUT2D eigenvalue weighted by Gasteiger charge is -2.12. The van der Waals surface area contributed by atoms with Crippen molar-refractivity contribution in [2.75, 3.05) is 5.43 Å². The second-order valence-electron chi connectivity index (χ2n) is 5.04. The second-order valence-corrected chi connectivity index (χ2v) is 5.04. The molecule has 0 spiro atoms. The first kappa shape index (κ1) is 12.6. The Hall–Kier alpha value is -2.39. The molecular weight excluding hydrogens is 246 g/mol. The molecule has 0 aliphatic rings. The van der Waals surface area contributed by atoms with Gasteiger partial charge >= 0.3 is 0 Å². The normalized spacial score (nSPS) is 10.8. The van der Waals surface area contributed by atoms with Crippen LogP contribution in [0.5, 0.6) is 0 Å². The summed E-state index contributed by atoms with van der Waals surface area (Å²) in [5.41, 5.74) is 8.25. The molecule has 0 radical (unpaired) electrons. The zero-order valence-electron chi connectivity index (χ0n) is 11.6. The molecule has 0 aliphatic heterocycles. The second kappa shape index (κ2) is 4.94. The number of anilines is 1. The van der Waals surface area contributed by atoms with Gasteiger partial charge in [0.05, 0.1) is 5.52 Å². The first-order chi connectivity index (χ1) is 9.69. The number of fused-ring (bicyclic) bond motifs is 1. The molecule has 0 atom stereocenters. The van der Waals surface area contributed by atoms with Crippen molar-refractivity contribution >= 4 is 16.7 Å². The highest BCUT2D eigenvalue weighted by Crippen LogP contribution is 2.31. The lowest BCUT2D eigenvalue weighted by Crippen LogP contribution is -2.10. The Morgan fingerprint density at radius 1 is 1.00 bits per heavy atom. The monoisotopic (exact) mass is 263 g/mol. The number of benzene rings is 2. The summed E-state index contributed by atoms with van der Waals surface area (Å²) < 4.78 is 0. The summed E-state index contributed by atoms with van der Waals surface area (Å²) in [4.78, 5) is 4.66. The highest BCUT2D eigenvalue weighted by Gasteiger charge is 2.09. The predicted molar refractivity (Wildman–Crippen MR) is 84.5 cm³/mol. The van der Waals surface area contributed by atoms with E-state index in [1.165, 1.54) is 11.1 Å². The molecule has 2 aromatic carbocycles. The van der Waals surface area contributed by atoms with Crippen LogP contribution in [0.25, 0.3) is 22.0 Å². The largest absolute Gasteiger partial charge is 0.308 e. The Kier molecular flexibility index (Phi) is 3.12. The van der Waals surface area contributed by atoms with Gasteiger partial charge in [-0.05, 0) is 42.7 Å². The number of nitrogens with one attached hydrogen (secondary N) is 1. The molecule has 3 aromatic rings. The van der Waals surface area contributed by atoms with Gasteiger partial charge in [0.25, 0.3) is 0 Å². The number of nitrogen functional groups attached to an aromatic ring is 1. The standard InChI is InChI=1S/C17H17N3/c1-11-8-12(2)14-10-15(13-6-4-3-5-7-13)17(20-18)19-16(14)9-11/h3-10H,18H2,1-2H3,(H,19,20). The number of hydrogen-bond acceptors (Lipinski definition) is 3. The predicted octanol–water partition coefficient (Wildman–Crippen LogP) is 3.80. The summed E-state index contributed by atoms with van der Waals surface area (Å²) in [5, 5.41) is 1.16. The molecule has 100 valence electrons. The molecule has 3 heteroatoms. The molecule has 1 aromatic heterocycles. The van der Waals surface area contributed by atoms with Crippen LogP contribution in [0.1, 0.15) is 11.1 Å². The number of hydrogen-bond donors (Lipinski definition) is 2. The van der Waals surface area contributed by atoms with Crippen LogP contribution in [0.4, 0.5) is 5.82 Å². The van der Waals surface area contributed by atoms with E-state index in [0.717, 1.165) is 22.0 Å². The van der Waals surface area contributed by atoms with E-state index >= 15 is 0 Å². The van der Waals surface area contributed by atoms with Crippen LogP contribution < -0.4 is 11.3 Å². The van der Waals surface area contributed by atoms with Crippen LogP contribution in [0.15, 0.2) is 48.5 Å². The zero-order valence-corrected chi connectivity index (χ0v) is 11.6. The van der Waals surface area contributed by atoms with Crippen LogP contribution in [0.2, 0.25) is 0 Å². The van der Waals surface area contributed by atoms with Crippen LogP contribution in [0.3, 0.4) is 0 Å². The van der Waals surface area contributed by atoms with E-state index < -0.39 is 0 Å². The van der Waals surface area contributed by atoms with Gasteiger partial charge in [0.2, 0.25) is 0 Å². The molecule has 0 amide bonds. The minimum Gasteiger partial charge on any atom is -0.308 e. The van der Waals surface area contributed by atoms with E-state index in [0.29, 0.717) is 5.82 Å². The fourth-order valence-electron chi connectivity index (χ4n) is 2.58. The topological polar surface area (TPSA) is 50.9 Å². The van der Waals surface area contributed by atoms with Crippen molar-refractivity contribution in [3.05, 3.63) is 59.7 Å². The van der Waals surface area contributed by atoms with Crippen LogP contribution >= 0.6 is 0 Å². The number of rotatable bonds is 2. The SMILES string of the molecule is Cc1cc(C)c2cc(-c3ccccc3)c(NN)nc2c1. The van der Waals surface area contributed by atoms with Gasteiger partial charge < -0.3 is 5.43 Å². The summed E-state index contributed by atoms with van der Waals surface area (Å²) in [6, 6.07) is 16.6. The molecule has 0 bridgehead atoms. The summed E-state index contributed by atoms with van der Waals surface area (Å²) in [6.07, 6.45) is 0. The van der Waals surface area contributed by atoms with Crippen molar-refractivity contribution in [1.29, 1.82) is 0 Å². The summed E-state index contributed by atoms with van der Waals surface area (Å²) >= 11 is 0. The molecular formula is C17H17N3. The Morgan fingerprint density at radius 2 is 1.75 bits per heavy atom. The van der Waals surface area contributed by atoms with Crippen LogP contribution in [0, 0.1) is 13.8 Å². The van der Waals surface area contributed by atoms with Crippen molar-refractivity contribution in [3.8, 4) is 11.1 Å². The molecule has 0 fully saturated rings. The molecule has 1 heterocycles. The highest BCUT2D eigenvalue weighted by atomic mass is 15.2. The average molecular weight is 263 g/mol. The van der Waals surface area contributed by atoms with Gasteiger partial charge in [-0.1, -0.05) is 36.4 Å². The fourth-order valence-corrected chi connectivity index (χ4v) is 2.58. The molecule has 3 nitrogen and oxygen atoms in total. The highest BCUT2D eigenvalue weighted by molar-refractivity contribution is 5.91. The minimum absolute atomic E-state index is 0.703. The third kappa shape index (κ3) is 2.12. The fraction of sp³-hybridized carbons (Fsp3) is 0.118. The molecule has 0 unspecified atom stereocenters. The van der Waals surface area contributed by atoms with Crippen molar-refractivity contribution in [2.45, 2.75) is 13.8 Å². The zero-order chi connectivity index (χ0) is 14.1. The summed E-state index contributed by atoms with van der Waals surface area (Å²) in [5.74, 6) is 6.35. The van der Waals surface area contributed by atoms with Crippen molar-refractivity contribution in [1.82, 2.24) is 4.98 Å². The number of aryl methyl sites for hydroxylation is 2. The maximum atomic E-state index is 5.64. The Balaban J connectivity index is 2.32. The maximum absolute atomic E-state index is 5.64. The first-order valence-corrected chi connectivity index (χ1v) is 6.63. The molecule has 0 aliphatic carbocycles. The van der Waals surface area contributed by atoms with Gasteiger partial charge in [-0.15, -0.1) is 0 Å². The Labute approximate surface area is 118 Å². The summed E-state index contributed by atoms with van der Waals surface area (Å²) in [6.45, 7) is 4.19. The van der Waals surface area contributed by atoms with Crippen molar-refractivity contribution in [3.63, 3.8) is 0 Å². The third-order valence-corrected chi connectivity index (χ3v) is 3.51. The van der Waals surface area contributed by atoms with Crippen molar-refractivity contribution in [2.24, 2.45) is 5.84 Å². The van der Waals surface area contributed by atoms with Gasteiger partial charge in [-0.2, -0.15) is 0 Å². The van der Waals surface area contributed by atoms with E-state index in [-0.39, 0.29) is 0 Å².